The summed E-state index contributed by atoms with van der Waals surface area (Å²) in [4.78, 5) is 0. The predicted molar refractivity (Wildman–Crippen MR) is 62.4 cm³/mol. The molecule has 0 fully saturated rings. The van der Waals surface area contributed by atoms with Gasteiger partial charge < -0.3 is 14.9 Å². The number of benzene rings is 1. The molecule has 0 aliphatic carbocycles. The third-order valence-corrected chi connectivity index (χ3v) is 2.61. The van der Waals surface area contributed by atoms with Gasteiger partial charge >= 0.3 is 0 Å². The lowest BCUT2D eigenvalue weighted by atomic mass is 10.0. The molecular weight excluding hydrogens is 221 g/mol. The van der Waals surface area contributed by atoms with Gasteiger partial charge in [0.25, 0.3) is 0 Å². The van der Waals surface area contributed by atoms with Crippen LogP contribution in [0.1, 0.15) is 23.1 Å². The minimum Gasteiger partial charge on any atom is -0.497 e. The largest absolute Gasteiger partial charge is 0.497 e. The van der Waals surface area contributed by atoms with Crippen LogP contribution in [0.5, 0.6) is 5.75 Å². The number of nitrogens with two attached hydrogens (primary N) is 1. The zero-order valence-corrected chi connectivity index (χ0v) is 9.74. The van der Waals surface area contributed by atoms with Crippen molar-refractivity contribution in [1.82, 2.24) is 0 Å². The summed E-state index contributed by atoms with van der Waals surface area (Å²) in [6, 6.07) is 7.55. The molecule has 1 heterocycles. The molecule has 4 heteroatoms. The van der Waals surface area contributed by atoms with E-state index in [1.165, 1.54) is 13.2 Å². The second kappa shape index (κ2) is 4.59. The number of ether oxygens (including phenoxy) is 1. The van der Waals surface area contributed by atoms with Crippen molar-refractivity contribution in [3.8, 4) is 5.75 Å². The molecular formula is C13H14FNO2. The lowest BCUT2D eigenvalue weighted by molar-refractivity contribution is 0.409. The smallest absolute Gasteiger partial charge is 0.132 e. The molecule has 0 bridgehead atoms. The number of methoxy groups -OCH3 is 1. The molecule has 0 aliphatic rings. The summed E-state index contributed by atoms with van der Waals surface area (Å²) in [6.45, 7) is 1.82. The van der Waals surface area contributed by atoms with Gasteiger partial charge in [-0.15, -0.1) is 0 Å². The van der Waals surface area contributed by atoms with Crippen molar-refractivity contribution in [3.63, 3.8) is 0 Å². The number of halogens is 1. The van der Waals surface area contributed by atoms with Gasteiger partial charge in [-0.3, -0.25) is 0 Å². The quantitative estimate of drug-likeness (QED) is 0.889. The van der Waals surface area contributed by atoms with Crippen molar-refractivity contribution in [1.29, 1.82) is 0 Å². The topological polar surface area (TPSA) is 48.4 Å². The van der Waals surface area contributed by atoms with Crippen LogP contribution in [0.4, 0.5) is 4.39 Å². The first kappa shape index (κ1) is 11.7. The molecule has 2 aromatic rings. The third kappa shape index (κ3) is 2.31. The van der Waals surface area contributed by atoms with E-state index in [2.05, 4.69) is 0 Å². The maximum Gasteiger partial charge on any atom is 0.132 e. The Morgan fingerprint density at radius 2 is 2.06 bits per heavy atom. The lowest BCUT2D eigenvalue weighted by Crippen LogP contribution is -2.12. The van der Waals surface area contributed by atoms with Crippen molar-refractivity contribution in [2.24, 2.45) is 5.73 Å². The molecule has 2 rings (SSSR count). The van der Waals surface area contributed by atoms with Gasteiger partial charge in [-0.2, -0.15) is 0 Å². The summed E-state index contributed by atoms with van der Waals surface area (Å²) in [7, 11) is 1.49. The van der Waals surface area contributed by atoms with E-state index in [0.29, 0.717) is 17.1 Å². The van der Waals surface area contributed by atoms with Crippen LogP contribution in [-0.4, -0.2) is 7.11 Å². The van der Waals surface area contributed by atoms with Crippen LogP contribution in [0, 0.1) is 12.7 Å². The molecule has 0 aliphatic heterocycles. The van der Waals surface area contributed by atoms with E-state index in [0.717, 1.165) is 5.76 Å². The molecule has 2 N–H and O–H groups in total. The molecule has 0 saturated carbocycles. The standard InChI is InChI=1S/C13H14FNO2/c1-8-3-6-12(17-8)13(15)10-5-4-9(16-2)7-11(10)14/h3-7,13H,15H2,1-2H3. The Bertz CT molecular complexity index is 522. The molecule has 90 valence electrons. The van der Waals surface area contributed by atoms with Gasteiger partial charge in [0, 0.05) is 11.6 Å². The van der Waals surface area contributed by atoms with Crippen LogP contribution in [-0.2, 0) is 0 Å². The molecule has 0 saturated heterocycles. The summed E-state index contributed by atoms with van der Waals surface area (Å²) in [5.41, 5.74) is 6.34. The highest BCUT2D eigenvalue weighted by molar-refractivity contribution is 5.34. The van der Waals surface area contributed by atoms with Crippen molar-refractivity contribution in [2.75, 3.05) is 7.11 Å². The maximum absolute atomic E-state index is 13.8. The van der Waals surface area contributed by atoms with Crippen LogP contribution in [0.15, 0.2) is 34.7 Å². The molecule has 0 spiro atoms. The number of furan rings is 1. The molecule has 17 heavy (non-hydrogen) atoms. The summed E-state index contributed by atoms with van der Waals surface area (Å²) < 4.78 is 24.1. The van der Waals surface area contributed by atoms with Gasteiger partial charge in [0.15, 0.2) is 0 Å². The fourth-order valence-electron chi connectivity index (χ4n) is 1.66. The highest BCUT2D eigenvalue weighted by Gasteiger charge is 2.17. The Morgan fingerprint density at radius 1 is 1.29 bits per heavy atom. The zero-order chi connectivity index (χ0) is 12.4. The highest BCUT2D eigenvalue weighted by atomic mass is 19.1. The number of hydrogen-bond acceptors (Lipinski definition) is 3. The second-order valence-electron chi connectivity index (χ2n) is 3.81. The van der Waals surface area contributed by atoms with Crippen LogP contribution in [0.2, 0.25) is 0 Å². The minimum absolute atomic E-state index is 0.389. The van der Waals surface area contributed by atoms with Crippen LogP contribution < -0.4 is 10.5 Å². The Morgan fingerprint density at radius 3 is 2.59 bits per heavy atom. The van der Waals surface area contributed by atoms with E-state index >= 15 is 0 Å². The minimum atomic E-state index is -0.602. The molecule has 3 nitrogen and oxygen atoms in total. The van der Waals surface area contributed by atoms with Gasteiger partial charge in [0.05, 0.1) is 13.2 Å². The Kier molecular flexibility index (Phi) is 3.15. The molecule has 1 atom stereocenters. The summed E-state index contributed by atoms with van der Waals surface area (Å²) in [6.07, 6.45) is 0. The van der Waals surface area contributed by atoms with Gasteiger partial charge in [0.1, 0.15) is 23.1 Å². The van der Waals surface area contributed by atoms with E-state index < -0.39 is 11.9 Å². The van der Waals surface area contributed by atoms with Crippen molar-refractivity contribution >= 4 is 0 Å². The van der Waals surface area contributed by atoms with Crippen molar-refractivity contribution in [2.45, 2.75) is 13.0 Å². The van der Waals surface area contributed by atoms with E-state index in [4.69, 9.17) is 14.9 Å². The summed E-state index contributed by atoms with van der Waals surface area (Å²) in [5.74, 6) is 1.37. The fraction of sp³-hybridized carbons (Fsp3) is 0.231. The highest BCUT2D eigenvalue weighted by Crippen LogP contribution is 2.26. The molecule has 0 amide bonds. The fourth-order valence-corrected chi connectivity index (χ4v) is 1.66. The lowest BCUT2D eigenvalue weighted by Gasteiger charge is -2.11. The first-order valence-electron chi connectivity index (χ1n) is 5.27. The Balaban J connectivity index is 2.34. The van der Waals surface area contributed by atoms with E-state index in [1.807, 2.05) is 6.92 Å². The average Bonchev–Trinajstić information content (AvgIpc) is 2.75. The molecule has 1 unspecified atom stereocenters. The van der Waals surface area contributed by atoms with Gasteiger partial charge in [-0.05, 0) is 25.1 Å². The zero-order valence-electron chi connectivity index (χ0n) is 9.74. The van der Waals surface area contributed by atoms with E-state index in [1.54, 1.807) is 24.3 Å². The first-order chi connectivity index (χ1) is 8.11. The third-order valence-electron chi connectivity index (χ3n) is 2.61. The summed E-state index contributed by atoms with van der Waals surface area (Å²) in [5, 5.41) is 0. The van der Waals surface area contributed by atoms with E-state index in [9.17, 15) is 4.39 Å². The van der Waals surface area contributed by atoms with Crippen molar-refractivity contribution in [3.05, 3.63) is 53.2 Å². The summed E-state index contributed by atoms with van der Waals surface area (Å²) >= 11 is 0. The van der Waals surface area contributed by atoms with Crippen LogP contribution in [0.3, 0.4) is 0 Å². The van der Waals surface area contributed by atoms with Crippen LogP contribution in [0.25, 0.3) is 0 Å². The van der Waals surface area contributed by atoms with Gasteiger partial charge in [-0.1, -0.05) is 6.07 Å². The van der Waals surface area contributed by atoms with Crippen LogP contribution >= 0.6 is 0 Å². The Labute approximate surface area is 99.0 Å². The number of aryl methyl sites for hydroxylation is 1. The second-order valence-corrected chi connectivity index (χ2v) is 3.81. The molecule has 1 aromatic carbocycles. The number of rotatable bonds is 3. The number of hydrogen-bond donors (Lipinski definition) is 1. The molecule has 1 aromatic heterocycles. The monoisotopic (exact) mass is 235 g/mol. The predicted octanol–water partition coefficient (Wildman–Crippen LogP) is 2.78. The van der Waals surface area contributed by atoms with E-state index in [-0.39, 0.29) is 0 Å². The van der Waals surface area contributed by atoms with Gasteiger partial charge in [-0.25, -0.2) is 4.39 Å². The SMILES string of the molecule is COc1ccc(C(N)c2ccc(C)o2)c(F)c1. The molecule has 0 radical (unpaired) electrons. The normalized spacial score (nSPS) is 12.5. The maximum atomic E-state index is 13.8. The van der Waals surface area contributed by atoms with Crippen molar-refractivity contribution < 1.29 is 13.5 Å². The average molecular weight is 235 g/mol. The Hall–Kier alpha value is -1.81. The first-order valence-corrected chi connectivity index (χ1v) is 5.27. The van der Waals surface area contributed by atoms with Gasteiger partial charge in [0.2, 0.25) is 0 Å².